The molecule has 2 rings (SSSR count). The van der Waals surface area contributed by atoms with Crippen LogP contribution in [-0.2, 0) is 0 Å². The molecular formula is C11H12N2S. The Morgan fingerprint density at radius 1 is 1.43 bits per heavy atom. The van der Waals surface area contributed by atoms with Crippen molar-refractivity contribution in [3.05, 3.63) is 29.1 Å². The molecule has 72 valence electrons. The van der Waals surface area contributed by atoms with Crippen LogP contribution in [0.3, 0.4) is 0 Å². The topological polar surface area (TPSA) is 24.4 Å². The maximum absolute atomic E-state index is 3.99. The molecule has 0 amide bonds. The lowest BCUT2D eigenvalue weighted by molar-refractivity contribution is 1.35. The Labute approximate surface area is 87.3 Å². The fourth-order valence-electron chi connectivity index (χ4n) is 1.36. The van der Waals surface area contributed by atoms with Gasteiger partial charge in [-0.15, -0.1) is 11.3 Å². The van der Waals surface area contributed by atoms with E-state index in [9.17, 15) is 0 Å². The molecule has 0 fully saturated rings. The van der Waals surface area contributed by atoms with Gasteiger partial charge in [-0.1, -0.05) is 0 Å². The summed E-state index contributed by atoms with van der Waals surface area (Å²) in [4.78, 5) is 0. The molecule has 1 aromatic heterocycles. The molecule has 0 bridgehead atoms. The number of rotatable bonds is 2. The van der Waals surface area contributed by atoms with Crippen LogP contribution in [0.4, 0.5) is 5.69 Å². The summed E-state index contributed by atoms with van der Waals surface area (Å²) in [6, 6.07) is 6.31. The van der Waals surface area contributed by atoms with Crippen LogP contribution in [0.1, 0.15) is 12.5 Å². The van der Waals surface area contributed by atoms with E-state index < -0.39 is 0 Å². The number of thiophene rings is 1. The normalized spacial score (nSPS) is 11.3. The van der Waals surface area contributed by atoms with Crippen LogP contribution in [0.5, 0.6) is 0 Å². The molecule has 0 unspecified atom stereocenters. The van der Waals surface area contributed by atoms with E-state index in [1.54, 1.807) is 17.6 Å². The average molecular weight is 204 g/mol. The number of hydrogen-bond donors (Lipinski definition) is 1. The molecule has 0 aliphatic rings. The smallest absolute Gasteiger partial charge is 0.0568 e. The highest BCUT2D eigenvalue weighted by Gasteiger charge is 2.00. The maximum Gasteiger partial charge on any atom is 0.0568 e. The molecule has 0 saturated heterocycles. The molecule has 1 aromatic carbocycles. The van der Waals surface area contributed by atoms with Gasteiger partial charge in [0.05, 0.1) is 5.69 Å². The third-order valence-corrected chi connectivity index (χ3v) is 3.17. The SMILES string of the molecule is C/C=N/Nc1ccc2scc(C)c2c1. The monoisotopic (exact) mass is 204 g/mol. The number of aryl methyl sites for hydroxylation is 1. The summed E-state index contributed by atoms with van der Waals surface area (Å²) >= 11 is 1.78. The summed E-state index contributed by atoms with van der Waals surface area (Å²) in [5.74, 6) is 0. The molecule has 0 radical (unpaired) electrons. The summed E-state index contributed by atoms with van der Waals surface area (Å²) in [6.07, 6.45) is 1.74. The minimum absolute atomic E-state index is 1.04. The van der Waals surface area contributed by atoms with Gasteiger partial charge in [0, 0.05) is 10.9 Å². The van der Waals surface area contributed by atoms with E-state index in [4.69, 9.17) is 0 Å². The molecule has 0 aliphatic carbocycles. The van der Waals surface area contributed by atoms with Gasteiger partial charge in [0.25, 0.3) is 0 Å². The number of hydrogen-bond acceptors (Lipinski definition) is 3. The molecule has 2 aromatic rings. The van der Waals surface area contributed by atoms with Crippen LogP contribution in [0.2, 0.25) is 0 Å². The van der Waals surface area contributed by atoms with Gasteiger partial charge < -0.3 is 0 Å². The van der Waals surface area contributed by atoms with E-state index in [1.165, 1.54) is 15.6 Å². The minimum atomic E-state index is 1.04. The first kappa shape index (κ1) is 9.21. The third-order valence-electron chi connectivity index (χ3n) is 2.09. The molecule has 2 nitrogen and oxygen atoms in total. The second-order valence-electron chi connectivity index (χ2n) is 3.13. The Bertz CT molecular complexity index is 471. The van der Waals surface area contributed by atoms with Gasteiger partial charge in [-0.05, 0) is 48.4 Å². The molecule has 3 heteroatoms. The van der Waals surface area contributed by atoms with E-state index in [1.807, 2.05) is 13.0 Å². The van der Waals surface area contributed by atoms with Gasteiger partial charge >= 0.3 is 0 Å². The van der Waals surface area contributed by atoms with Crippen molar-refractivity contribution in [2.24, 2.45) is 5.10 Å². The van der Waals surface area contributed by atoms with Gasteiger partial charge in [-0.25, -0.2) is 0 Å². The van der Waals surface area contributed by atoms with Crippen molar-refractivity contribution < 1.29 is 0 Å². The molecule has 0 saturated carbocycles. The van der Waals surface area contributed by atoms with E-state index >= 15 is 0 Å². The number of nitrogens with zero attached hydrogens (tertiary/aromatic N) is 1. The summed E-state index contributed by atoms with van der Waals surface area (Å²) in [7, 11) is 0. The van der Waals surface area contributed by atoms with Crippen LogP contribution in [0.15, 0.2) is 28.7 Å². The molecule has 0 atom stereocenters. The second-order valence-corrected chi connectivity index (χ2v) is 4.04. The van der Waals surface area contributed by atoms with Crippen LogP contribution in [0, 0.1) is 6.92 Å². The Balaban J connectivity index is 2.44. The zero-order valence-corrected chi connectivity index (χ0v) is 9.06. The molecule has 1 heterocycles. The molecular weight excluding hydrogens is 192 g/mol. The lowest BCUT2D eigenvalue weighted by Crippen LogP contribution is -1.86. The number of fused-ring (bicyclic) bond motifs is 1. The average Bonchev–Trinajstić information content (AvgIpc) is 2.57. The first-order chi connectivity index (χ1) is 6.81. The quantitative estimate of drug-likeness (QED) is 0.586. The standard InChI is InChI=1S/C11H12N2S/c1-3-12-13-9-4-5-11-10(6-9)8(2)7-14-11/h3-7,13H,1-2H3/b12-3+. The minimum Gasteiger partial charge on any atom is -0.279 e. The van der Waals surface area contributed by atoms with E-state index in [-0.39, 0.29) is 0 Å². The summed E-state index contributed by atoms with van der Waals surface area (Å²) in [5.41, 5.74) is 5.34. The van der Waals surface area contributed by atoms with Crippen LogP contribution in [-0.4, -0.2) is 6.21 Å². The fourth-order valence-corrected chi connectivity index (χ4v) is 2.29. The van der Waals surface area contributed by atoms with Gasteiger partial charge in [0.15, 0.2) is 0 Å². The Morgan fingerprint density at radius 2 is 2.29 bits per heavy atom. The van der Waals surface area contributed by atoms with Crippen molar-refractivity contribution in [2.75, 3.05) is 5.43 Å². The van der Waals surface area contributed by atoms with E-state index in [2.05, 4.69) is 35.0 Å². The second kappa shape index (κ2) is 3.80. The number of anilines is 1. The molecule has 0 spiro atoms. The largest absolute Gasteiger partial charge is 0.279 e. The van der Waals surface area contributed by atoms with Gasteiger partial charge in [0.2, 0.25) is 0 Å². The van der Waals surface area contributed by atoms with Crippen molar-refractivity contribution in [2.45, 2.75) is 13.8 Å². The van der Waals surface area contributed by atoms with E-state index in [0.717, 1.165) is 5.69 Å². The van der Waals surface area contributed by atoms with Gasteiger partial charge in [-0.2, -0.15) is 5.10 Å². The number of hydrazone groups is 1. The molecule has 1 N–H and O–H groups in total. The lowest BCUT2D eigenvalue weighted by Gasteiger charge is -1.99. The Hall–Kier alpha value is -1.35. The van der Waals surface area contributed by atoms with Crippen molar-refractivity contribution in [3.8, 4) is 0 Å². The van der Waals surface area contributed by atoms with Crippen molar-refractivity contribution in [1.82, 2.24) is 0 Å². The molecule has 0 aliphatic heterocycles. The maximum atomic E-state index is 3.99. The lowest BCUT2D eigenvalue weighted by atomic mass is 10.2. The van der Waals surface area contributed by atoms with Crippen molar-refractivity contribution in [3.63, 3.8) is 0 Å². The van der Waals surface area contributed by atoms with Crippen LogP contribution >= 0.6 is 11.3 Å². The van der Waals surface area contributed by atoms with E-state index in [0.29, 0.717) is 0 Å². The predicted molar refractivity (Wildman–Crippen MR) is 64.4 cm³/mol. The predicted octanol–water partition coefficient (Wildman–Crippen LogP) is 3.63. The Morgan fingerprint density at radius 3 is 3.07 bits per heavy atom. The fraction of sp³-hybridized carbons (Fsp3) is 0.182. The van der Waals surface area contributed by atoms with Crippen molar-refractivity contribution in [1.29, 1.82) is 0 Å². The number of benzene rings is 1. The first-order valence-electron chi connectivity index (χ1n) is 4.53. The zero-order valence-electron chi connectivity index (χ0n) is 8.24. The first-order valence-corrected chi connectivity index (χ1v) is 5.41. The highest BCUT2D eigenvalue weighted by Crippen LogP contribution is 2.27. The summed E-state index contributed by atoms with van der Waals surface area (Å²) in [6.45, 7) is 4.02. The zero-order chi connectivity index (χ0) is 9.97. The highest BCUT2D eigenvalue weighted by atomic mass is 32.1. The molecule has 14 heavy (non-hydrogen) atoms. The van der Waals surface area contributed by atoms with Gasteiger partial charge in [-0.3, -0.25) is 5.43 Å². The van der Waals surface area contributed by atoms with Crippen molar-refractivity contribution >= 4 is 33.3 Å². The highest BCUT2D eigenvalue weighted by molar-refractivity contribution is 7.17. The third kappa shape index (κ3) is 1.63. The van der Waals surface area contributed by atoms with Crippen LogP contribution < -0.4 is 5.43 Å². The van der Waals surface area contributed by atoms with Crippen LogP contribution in [0.25, 0.3) is 10.1 Å². The summed E-state index contributed by atoms with van der Waals surface area (Å²) < 4.78 is 1.33. The summed E-state index contributed by atoms with van der Waals surface area (Å²) in [5, 5.41) is 7.48. The Kier molecular flexibility index (Phi) is 2.50. The number of nitrogens with one attached hydrogen (secondary N) is 1. The van der Waals surface area contributed by atoms with Gasteiger partial charge in [0.1, 0.15) is 0 Å².